The molecule has 0 fully saturated rings. The minimum atomic E-state index is -0.502. The van der Waals surface area contributed by atoms with Gasteiger partial charge in [-0.1, -0.05) is 36.8 Å². The van der Waals surface area contributed by atoms with Gasteiger partial charge in [0, 0.05) is 5.56 Å². The molecule has 0 aliphatic heterocycles. The van der Waals surface area contributed by atoms with Crippen LogP contribution < -0.4 is 0 Å². The number of nitriles is 1. The summed E-state index contributed by atoms with van der Waals surface area (Å²) >= 11 is 0. The van der Waals surface area contributed by atoms with Crippen LogP contribution in [0.4, 0.5) is 0 Å². The Hall–Kier alpha value is -1.62. The average Bonchev–Trinajstić information content (AvgIpc) is 2.20. The van der Waals surface area contributed by atoms with E-state index in [1.807, 2.05) is 32.0 Å². The van der Waals surface area contributed by atoms with Gasteiger partial charge in [-0.25, -0.2) is 0 Å². The maximum Gasteiger partial charge on any atom is 0.179 e. The van der Waals surface area contributed by atoms with Crippen LogP contribution in [0.3, 0.4) is 0 Å². The van der Waals surface area contributed by atoms with E-state index in [9.17, 15) is 4.79 Å². The zero-order valence-corrected chi connectivity index (χ0v) is 8.45. The first-order valence-electron chi connectivity index (χ1n) is 4.69. The van der Waals surface area contributed by atoms with Crippen molar-refractivity contribution in [3.05, 3.63) is 35.4 Å². The molecule has 0 saturated heterocycles. The van der Waals surface area contributed by atoms with Crippen molar-refractivity contribution in [2.45, 2.75) is 20.3 Å². The number of Topliss-reactive ketones (excluding diaryl/α,β-unsaturated/α-hetero) is 1. The van der Waals surface area contributed by atoms with Crippen molar-refractivity contribution in [2.24, 2.45) is 5.92 Å². The number of hydrogen-bond donors (Lipinski definition) is 0. The Kier molecular flexibility index (Phi) is 3.41. The molecule has 0 aliphatic carbocycles. The number of hydrogen-bond acceptors (Lipinski definition) is 2. The molecule has 1 rings (SSSR count). The van der Waals surface area contributed by atoms with Crippen molar-refractivity contribution >= 4 is 5.78 Å². The number of carbonyl (C=O) groups is 1. The summed E-state index contributed by atoms with van der Waals surface area (Å²) in [5, 5.41) is 8.74. The maximum absolute atomic E-state index is 11.7. The van der Waals surface area contributed by atoms with Crippen LogP contribution >= 0.6 is 0 Å². The standard InChI is InChI=1S/C12H13NO/c1-3-10(8-13)12(14)11-6-4-9(2)5-7-11/h4-7,10H,3H2,1-2H3. The number of rotatable bonds is 3. The zero-order valence-electron chi connectivity index (χ0n) is 8.45. The van der Waals surface area contributed by atoms with E-state index in [1.54, 1.807) is 12.1 Å². The van der Waals surface area contributed by atoms with E-state index >= 15 is 0 Å². The maximum atomic E-state index is 11.7. The average molecular weight is 187 g/mol. The molecule has 14 heavy (non-hydrogen) atoms. The molecule has 0 bridgehead atoms. The van der Waals surface area contributed by atoms with Gasteiger partial charge >= 0.3 is 0 Å². The fourth-order valence-corrected chi connectivity index (χ4v) is 1.25. The lowest BCUT2D eigenvalue weighted by Crippen LogP contribution is -2.11. The number of ketones is 1. The lowest BCUT2D eigenvalue weighted by atomic mass is 9.96. The van der Waals surface area contributed by atoms with Crippen molar-refractivity contribution in [3.63, 3.8) is 0 Å². The molecule has 0 N–H and O–H groups in total. The molecule has 1 atom stereocenters. The van der Waals surface area contributed by atoms with E-state index in [0.717, 1.165) is 5.56 Å². The van der Waals surface area contributed by atoms with Crippen molar-refractivity contribution in [2.75, 3.05) is 0 Å². The molecule has 0 spiro atoms. The van der Waals surface area contributed by atoms with E-state index in [4.69, 9.17) is 5.26 Å². The van der Waals surface area contributed by atoms with Crippen LogP contribution in [0.15, 0.2) is 24.3 Å². The molecule has 0 aliphatic rings. The second-order valence-corrected chi connectivity index (χ2v) is 3.32. The van der Waals surface area contributed by atoms with E-state index in [0.29, 0.717) is 12.0 Å². The molecular formula is C12H13NO. The lowest BCUT2D eigenvalue weighted by Gasteiger charge is -2.04. The second-order valence-electron chi connectivity index (χ2n) is 3.32. The lowest BCUT2D eigenvalue weighted by molar-refractivity contribution is 0.0946. The molecule has 2 heteroatoms. The fourth-order valence-electron chi connectivity index (χ4n) is 1.25. The molecule has 0 radical (unpaired) electrons. The normalized spacial score (nSPS) is 11.8. The summed E-state index contributed by atoms with van der Waals surface area (Å²) in [6, 6.07) is 9.34. The van der Waals surface area contributed by atoms with Gasteiger partial charge in [-0.15, -0.1) is 0 Å². The van der Waals surface area contributed by atoms with Gasteiger partial charge < -0.3 is 0 Å². The number of carbonyl (C=O) groups excluding carboxylic acids is 1. The SMILES string of the molecule is CCC(C#N)C(=O)c1ccc(C)cc1. The Morgan fingerprint density at radius 2 is 2.00 bits per heavy atom. The van der Waals surface area contributed by atoms with Gasteiger partial charge in [-0.3, -0.25) is 4.79 Å². The topological polar surface area (TPSA) is 40.9 Å². The minimum Gasteiger partial charge on any atom is -0.293 e. The Morgan fingerprint density at radius 1 is 1.43 bits per heavy atom. The smallest absolute Gasteiger partial charge is 0.179 e. The summed E-state index contributed by atoms with van der Waals surface area (Å²) in [5.41, 5.74) is 1.75. The third-order valence-corrected chi connectivity index (χ3v) is 2.22. The first-order chi connectivity index (χ1) is 6.69. The van der Waals surface area contributed by atoms with Crippen LogP contribution in [0.2, 0.25) is 0 Å². The molecule has 72 valence electrons. The first-order valence-corrected chi connectivity index (χ1v) is 4.69. The first kappa shape index (κ1) is 10.5. The molecule has 0 heterocycles. The molecule has 1 aromatic rings. The second kappa shape index (κ2) is 4.57. The highest BCUT2D eigenvalue weighted by Crippen LogP contribution is 2.12. The summed E-state index contributed by atoms with van der Waals surface area (Å²) in [7, 11) is 0. The molecule has 0 aromatic heterocycles. The molecule has 1 unspecified atom stereocenters. The Morgan fingerprint density at radius 3 is 2.43 bits per heavy atom. The number of benzene rings is 1. The third kappa shape index (κ3) is 2.20. The Bertz CT molecular complexity index is 359. The number of aryl methyl sites for hydroxylation is 1. The van der Waals surface area contributed by atoms with E-state index < -0.39 is 5.92 Å². The highest BCUT2D eigenvalue weighted by molar-refractivity contribution is 5.99. The van der Waals surface area contributed by atoms with Crippen LogP contribution in [0.25, 0.3) is 0 Å². The molecule has 0 amide bonds. The van der Waals surface area contributed by atoms with Gasteiger partial charge in [0.15, 0.2) is 5.78 Å². The summed E-state index contributed by atoms with van der Waals surface area (Å²) in [4.78, 5) is 11.7. The van der Waals surface area contributed by atoms with Crippen molar-refractivity contribution in [1.82, 2.24) is 0 Å². The van der Waals surface area contributed by atoms with Gasteiger partial charge in [0.25, 0.3) is 0 Å². The van der Waals surface area contributed by atoms with Gasteiger partial charge in [0.2, 0.25) is 0 Å². The van der Waals surface area contributed by atoms with Crippen molar-refractivity contribution in [1.29, 1.82) is 5.26 Å². The van der Waals surface area contributed by atoms with E-state index in [1.165, 1.54) is 0 Å². The molecule has 1 aromatic carbocycles. The summed E-state index contributed by atoms with van der Waals surface area (Å²) < 4.78 is 0. The third-order valence-electron chi connectivity index (χ3n) is 2.22. The molecular weight excluding hydrogens is 174 g/mol. The van der Waals surface area contributed by atoms with Gasteiger partial charge in [-0.05, 0) is 13.3 Å². The van der Waals surface area contributed by atoms with Crippen LogP contribution in [0, 0.1) is 24.2 Å². The quantitative estimate of drug-likeness (QED) is 0.682. The van der Waals surface area contributed by atoms with Gasteiger partial charge in [-0.2, -0.15) is 5.26 Å². The van der Waals surface area contributed by atoms with Crippen LogP contribution in [0.1, 0.15) is 29.3 Å². The zero-order chi connectivity index (χ0) is 10.6. The van der Waals surface area contributed by atoms with Crippen molar-refractivity contribution < 1.29 is 4.79 Å². The number of nitrogens with zero attached hydrogens (tertiary/aromatic N) is 1. The summed E-state index contributed by atoms with van der Waals surface area (Å²) in [5.74, 6) is -0.576. The fraction of sp³-hybridized carbons (Fsp3) is 0.333. The van der Waals surface area contributed by atoms with Gasteiger partial charge in [0.1, 0.15) is 5.92 Å². The predicted molar refractivity (Wildman–Crippen MR) is 54.9 cm³/mol. The van der Waals surface area contributed by atoms with Crippen LogP contribution in [-0.2, 0) is 0 Å². The summed E-state index contributed by atoms with van der Waals surface area (Å²) in [6.45, 7) is 3.82. The largest absolute Gasteiger partial charge is 0.293 e. The van der Waals surface area contributed by atoms with Crippen LogP contribution in [-0.4, -0.2) is 5.78 Å². The predicted octanol–water partition coefficient (Wildman–Crippen LogP) is 2.73. The molecule has 0 saturated carbocycles. The summed E-state index contributed by atoms with van der Waals surface area (Å²) in [6.07, 6.45) is 0.573. The Balaban J connectivity index is 2.90. The van der Waals surface area contributed by atoms with Gasteiger partial charge in [0.05, 0.1) is 6.07 Å². The monoisotopic (exact) mass is 187 g/mol. The highest BCUT2D eigenvalue weighted by atomic mass is 16.1. The highest BCUT2D eigenvalue weighted by Gasteiger charge is 2.16. The van der Waals surface area contributed by atoms with E-state index in [-0.39, 0.29) is 5.78 Å². The molecule has 2 nitrogen and oxygen atoms in total. The van der Waals surface area contributed by atoms with Crippen molar-refractivity contribution in [3.8, 4) is 6.07 Å². The minimum absolute atomic E-state index is 0.0741. The van der Waals surface area contributed by atoms with E-state index in [2.05, 4.69) is 0 Å². The Labute approximate surface area is 84.2 Å². The van der Waals surface area contributed by atoms with Crippen LogP contribution in [0.5, 0.6) is 0 Å².